The molecule has 8 atom stereocenters. The Morgan fingerprint density at radius 1 is 0.506 bits per heavy atom. The van der Waals surface area contributed by atoms with E-state index < -0.39 is 67.4 Å². The van der Waals surface area contributed by atoms with Crippen molar-refractivity contribution in [1.29, 1.82) is 0 Å². The van der Waals surface area contributed by atoms with E-state index in [0.29, 0.717) is 12.8 Å². The molecule has 0 aliphatic carbocycles. The van der Waals surface area contributed by atoms with Gasteiger partial charge in [-0.05, 0) is 70.6 Å². The number of carbonyl (C=O) groups excluding carboxylic acids is 2. The molecule has 8 unspecified atom stereocenters. The zero-order valence-corrected chi connectivity index (χ0v) is 49.6. The first-order valence-electron chi connectivity index (χ1n) is 32.1. The number of aliphatic hydroxyl groups excluding tert-OH is 5. The first kappa shape index (κ1) is 72.4. The third kappa shape index (κ3) is 42.0. The minimum atomic E-state index is -1.61. The number of amides is 1. The predicted molar refractivity (Wildman–Crippen MR) is 320 cm³/mol. The quantitative estimate of drug-likeness (QED) is 0.0195. The number of hydrogen-bond acceptors (Lipinski definition) is 10. The molecule has 1 aliphatic rings. The van der Waals surface area contributed by atoms with E-state index in [4.69, 9.17) is 14.2 Å². The third-order valence-electron chi connectivity index (χ3n) is 14.9. The standard InChI is InChI=1S/C66H119NO10/c1-4-7-10-13-16-19-22-24-25-26-27-28-29-30-31-32-33-34-36-39-41-44-47-50-53-59(70)65(74)67-57(58(69)52-49-46-43-40-38-35-23-20-17-14-11-8-5-2)56-75-66-64(63(73)62(72)60(55-68)76-66)77-61(71)54-51-48-45-42-37-21-18-15-12-9-6-3/h16,19,24-25,27-28,30-31,49,52,57-60,62-64,66,68-70,72-73H,4-15,17-18,20-23,26,29,32-48,50-51,53-56H2,1-3H3,(H,67,74)/b19-16-,25-24-,28-27-,31-30-,52-49+. The summed E-state index contributed by atoms with van der Waals surface area (Å²) in [7, 11) is 0. The lowest BCUT2D eigenvalue weighted by molar-refractivity contribution is -0.305. The first-order chi connectivity index (χ1) is 37.7. The zero-order chi connectivity index (χ0) is 56.1. The van der Waals surface area contributed by atoms with Crippen molar-refractivity contribution >= 4 is 11.9 Å². The summed E-state index contributed by atoms with van der Waals surface area (Å²) in [5.74, 6) is -1.20. The van der Waals surface area contributed by atoms with Crippen LogP contribution in [0.3, 0.4) is 0 Å². The number of rotatable bonds is 54. The molecule has 1 heterocycles. The van der Waals surface area contributed by atoms with E-state index in [1.807, 2.05) is 6.08 Å². The van der Waals surface area contributed by atoms with Crippen molar-refractivity contribution < 1.29 is 49.3 Å². The average molecular weight is 1090 g/mol. The number of nitrogens with one attached hydrogen (secondary N) is 1. The number of hydrogen-bond donors (Lipinski definition) is 6. The highest BCUT2D eigenvalue weighted by Crippen LogP contribution is 2.26. The molecular weight excluding hydrogens is 967 g/mol. The van der Waals surface area contributed by atoms with Crippen molar-refractivity contribution in [2.75, 3.05) is 13.2 Å². The molecular formula is C66H119NO10. The van der Waals surface area contributed by atoms with Gasteiger partial charge in [0.25, 0.3) is 0 Å². The maximum atomic E-state index is 13.4. The van der Waals surface area contributed by atoms with Gasteiger partial charge in [0.2, 0.25) is 5.91 Å². The fraction of sp³-hybridized carbons (Fsp3) is 0.818. The highest BCUT2D eigenvalue weighted by molar-refractivity contribution is 5.80. The number of aliphatic hydroxyl groups is 5. The monoisotopic (exact) mass is 1090 g/mol. The number of allylic oxidation sites excluding steroid dienone is 9. The fourth-order valence-electron chi connectivity index (χ4n) is 9.81. The Balaban J connectivity index is 2.63. The number of ether oxygens (including phenoxy) is 3. The summed E-state index contributed by atoms with van der Waals surface area (Å²) in [6.45, 7) is 5.76. The Morgan fingerprint density at radius 3 is 1.36 bits per heavy atom. The molecule has 6 N–H and O–H groups in total. The Kier molecular flexibility index (Phi) is 50.7. The van der Waals surface area contributed by atoms with Crippen LogP contribution in [0, 0.1) is 0 Å². The van der Waals surface area contributed by atoms with Gasteiger partial charge in [0.15, 0.2) is 12.4 Å². The molecule has 1 aliphatic heterocycles. The van der Waals surface area contributed by atoms with Gasteiger partial charge in [0, 0.05) is 6.42 Å². The molecule has 0 aromatic rings. The number of carbonyl (C=O) groups is 2. The molecule has 11 nitrogen and oxygen atoms in total. The maximum Gasteiger partial charge on any atom is 0.306 e. The zero-order valence-electron chi connectivity index (χ0n) is 49.6. The first-order valence-corrected chi connectivity index (χ1v) is 32.1. The lowest BCUT2D eigenvalue weighted by atomic mass is 9.99. The summed E-state index contributed by atoms with van der Waals surface area (Å²) >= 11 is 0. The molecule has 0 saturated carbocycles. The van der Waals surface area contributed by atoms with E-state index in [2.05, 4.69) is 74.7 Å². The molecule has 1 saturated heterocycles. The van der Waals surface area contributed by atoms with Gasteiger partial charge in [-0.25, -0.2) is 0 Å². The minimum Gasteiger partial charge on any atom is -0.454 e. The molecule has 0 aromatic heterocycles. The van der Waals surface area contributed by atoms with E-state index in [1.54, 1.807) is 6.08 Å². The Morgan fingerprint density at radius 2 is 0.896 bits per heavy atom. The molecule has 1 fully saturated rings. The molecule has 1 amide bonds. The number of unbranched alkanes of at least 4 members (excludes halogenated alkanes) is 32. The van der Waals surface area contributed by atoms with Crippen LogP contribution in [0.1, 0.15) is 284 Å². The molecule has 0 spiro atoms. The van der Waals surface area contributed by atoms with Gasteiger partial charge in [-0.1, -0.05) is 268 Å². The molecule has 11 heteroatoms. The van der Waals surface area contributed by atoms with Crippen molar-refractivity contribution in [2.45, 2.75) is 333 Å². The van der Waals surface area contributed by atoms with Crippen LogP contribution in [0.25, 0.3) is 0 Å². The lowest BCUT2D eigenvalue weighted by Gasteiger charge is -2.41. The maximum absolute atomic E-state index is 13.4. The van der Waals surface area contributed by atoms with E-state index in [-0.39, 0.29) is 19.4 Å². The van der Waals surface area contributed by atoms with Crippen LogP contribution in [0.2, 0.25) is 0 Å². The van der Waals surface area contributed by atoms with Gasteiger partial charge in [-0.15, -0.1) is 0 Å². The molecule has 448 valence electrons. The highest BCUT2D eigenvalue weighted by atomic mass is 16.7. The summed E-state index contributed by atoms with van der Waals surface area (Å²) < 4.78 is 17.6. The van der Waals surface area contributed by atoms with Crippen LogP contribution in [0.15, 0.2) is 60.8 Å². The van der Waals surface area contributed by atoms with Gasteiger partial charge in [-0.2, -0.15) is 0 Å². The fourth-order valence-corrected chi connectivity index (χ4v) is 9.81. The van der Waals surface area contributed by atoms with Crippen LogP contribution < -0.4 is 5.32 Å². The molecule has 77 heavy (non-hydrogen) atoms. The topological polar surface area (TPSA) is 175 Å². The molecule has 0 radical (unpaired) electrons. The van der Waals surface area contributed by atoms with Crippen LogP contribution in [0.5, 0.6) is 0 Å². The summed E-state index contributed by atoms with van der Waals surface area (Å²) in [6.07, 6.45) is 56.9. The van der Waals surface area contributed by atoms with Gasteiger partial charge in [0.05, 0.1) is 25.4 Å². The largest absolute Gasteiger partial charge is 0.454 e. The Hall–Kier alpha value is -2.64. The Bertz CT molecular complexity index is 1480. The molecule has 0 bridgehead atoms. The van der Waals surface area contributed by atoms with E-state index >= 15 is 0 Å². The molecule has 1 rings (SSSR count). The van der Waals surface area contributed by atoms with Gasteiger partial charge in [-0.3, -0.25) is 9.59 Å². The average Bonchev–Trinajstić information content (AvgIpc) is 3.43. The van der Waals surface area contributed by atoms with E-state index in [0.717, 1.165) is 83.5 Å². The second-order valence-electron chi connectivity index (χ2n) is 22.1. The third-order valence-corrected chi connectivity index (χ3v) is 14.9. The van der Waals surface area contributed by atoms with Crippen molar-refractivity contribution in [3.8, 4) is 0 Å². The summed E-state index contributed by atoms with van der Waals surface area (Å²) in [6, 6.07) is -1.03. The van der Waals surface area contributed by atoms with E-state index in [9.17, 15) is 35.1 Å². The number of esters is 1. The SMILES string of the molecule is CCCCC/C=C\C/C=C\C/C=C\C/C=C\CCCCCCCCCCC(O)C(=O)NC(COC1OC(CO)C(O)C(O)C1OC(=O)CCCCCCCCCCCCC)C(O)/C=C/CCCCCCCCCCCCC. The summed E-state index contributed by atoms with van der Waals surface area (Å²) in [5, 5.41) is 57.0. The van der Waals surface area contributed by atoms with Gasteiger partial charge < -0.3 is 45.1 Å². The smallest absolute Gasteiger partial charge is 0.306 e. The van der Waals surface area contributed by atoms with Crippen molar-refractivity contribution in [3.05, 3.63) is 60.8 Å². The second-order valence-corrected chi connectivity index (χ2v) is 22.1. The normalized spacial score (nSPS) is 19.4. The predicted octanol–water partition coefficient (Wildman–Crippen LogP) is 15.4. The Labute approximate surface area is 471 Å². The van der Waals surface area contributed by atoms with Crippen molar-refractivity contribution in [2.24, 2.45) is 0 Å². The van der Waals surface area contributed by atoms with E-state index in [1.165, 1.54) is 154 Å². The second kappa shape index (κ2) is 54.0. The van der Waals surface area contributed by atoms with Crippen LogP contribution in [0.4, 0.5) is 0 Å². The van der Waals surface area contributed by atoms with Crippen molar-refractivity contribution in [1.82, 2.24) is 5.32 Å². The summed E-state index contributed by atoms with van der Waals surface area (Å²) in [5.41, 5.74) is 0. The lowest BCUT2D eigenvalue weighted by Crippen LogP contribution is -2.61. The van der Waals surface area contributed by atoms with Crippen LogP contribution in [-0.4, -0.2) is 99.6 Å². The van der Waals surface area contributed by atoms with Crippen LogP contribution in [-0.2, 0) is 23.8 Å². The van der Waals surface area contributed by atoms with Crippen molar-refractivity contribution in [3.63, 3.8) is 0 Å². The van der Waals surface area contributed by atoms with Gasteiger partial charge >= 0.3 is 5.97 Å². The van der Waals surface area contributed by atoms with Crippen LogP contribution >= 0.6 is 0 Å². The molecule has 0 aromatic carbocycles. The minimum absolute atomic E-state index is 0.125. The highest BCUT2D eigenvalue weighted by Gasteiger charge is 2.47. The van der Waals surface area contributed by atoms with Gasteiger partial charge in [0.1, 0.15) is 24.4 Å². The summed E-state index contributed by atoms with van der Waals surface area (Å²) in [4.78, 5) is 26.5.